The normalized spacial score (nSPS) is 21.9. The lowest BCUT2D eigenvalue weighted by Gasteiger charge is -2.31. The van der Waals surface area contributed by atoms with Crippen molar-refractivity contribution in [1.29, 1.82) is 0 Å². The Morgan fingerprint density at radius 3 is 2.80 bits per heavy atom. The molecule has 2 rings (SSSR count). The fraction of sp³-hybridized carbons (Fsp3) is 0.500. The Bertz CT molecular complexity index is 470. The van der Waals surface area contributed by atoms with Gasteiger partial charge in [0.2, 0.25) is 0 Å². The first kappa shape index (κ1) is 17.2. The summed E-state index contributed by atoms with van der Waals surface area (Å²) in [5.41, 5.74) is 5.71. The van der Waals surface area contributed by atoms with Crippen molar-refractivity contribution in [2.45, 2.75) is 31.7 Å². The second-order valence-corrected chi connectivity index (χ2v) is 5.37. The third-order valence-corrected chi connectivity index (χ3v) is 4.02. The molecule has 1 aromatic rings. The van der Waals surface area contributed by atoms with Gasteiger partial charge in [0, 0.05) is 6.04 Å². The molecule has 2 unspecified atom stereocenters. The summed E-state index contributed by atoms with van der Waals surface area (Å²) in [6.45, 7) is 0.545. The maximum absolute atomic E-state index is 13.8. The highest BCUT2D eigenvalue weighted by Gasteiger charge is 2.26. The van der Waals surface area contributed by atoms with Gasteiger partial charge in [-0.3, -0.25) is 4.79 Å². The van der Waals surface area contributed by atoms with Gasteiger partial charge in [-0.05, 0) is 37.4 Å². The zero-order valence-electron chi connectivity index (χ0n) is 11.1. The number of carbonyl (C=O) groups excluding carboxylic acids is 1. The lowest BCUT2D eigenvalue weighted by atomic mass is 9.84. The molecule has 0 saturated heterocycles. The summed E-state index contributed by atoms with van der Waals surface area (Å²) >= 11 is 5.68. The SMILES string of the molecule is Cl.NCC1CCCCC1NC(=O)c1cccc(Cl)c1F. The van der Waals surface area contributed by atoms with Crippen LogP contribution >= 0.6 is 24.0 Å². The zero-order valence-corrected chi connectivity index (χ0v) is 12.6. The third kappa shape index (κ3) is 3.84. The molecular formula is C14H19Cl2FN2O. The van der Waals surface area contributed by atoms with Crippen LogP contribution in [0.15, 0.2) is 18.2 Å². The van der Waals surface area contributed by atoms with E-state index >= 15 is 0 Å². The number of nitrogens with two attached hydrogens (primary N) is 1. The van der Waals surface area contributed by atoms with Gasteiger partial charge in [0.1, 0.15) is 0 Å². The molecule has 2 atom stereocenters. The summed E-state index contributed by atoms with van der Waals surface area (Å²) in [5.74, 6) is -0.799. The molecule has 1 saturated carbocycles. The summed E-state index contributed by atoms with van der Waals surface area (Å²) in [6.07, 6.45) is 4.12. The van der Waals surface area contributed by atoms with E-state index in [4.69, 9.17) is 17.3 Å². The fourth-order valence-electron chi connectivity index (χ4n) is 2.61. The van der Waals surface area contributed by atoms with Gasteiger partial charge < -0.3 is 11.1 Å². The number of hydrogen-bond donors (Lipinski definition) is 2. The van der Waals surface area contributed by atoms with Gasteiger partial charge in [-0.15, -0.1) is 12.4 Å². The van der Waals surface area contributed by atoms with Crippen molar-refractivity contribution in [3.63, 3.8) is 0 Å². The lowest BCUT2D eigenvalue weighted by Crippen LogP contribution is -2.44. The van der Waals surface area contributed by atoms with Crippen LogP contribution in [0.1, 0.15) is 36.0 Å². The molecule has 6 heteroatoms. The molecule has 20 heavy (non-hydrogen) atoms. The molecule has 0 spiro atoms. The summed E-state index contributed by atoms with van der Waals surface area (Å²) in [4.78, 5) is 12.1. The number of hydrogen-bond acceptors (Lipinski definition) is 2. The van der Waals surface area contributed by atoms with Gasteiger partial charge in [0.15, 0.2) is 5.82 Å². The Morgan fingerprint density at radius 1 is 1.40 bits per heavy atom. The largest absolute Gasteiger partial charge is 0.349 e. The van der Waals surface area contributed by atoms with Crippen LogP contribution in [0.25, 0.3) is 0 Å². The molecule has 1 amide bonds. The number of carbonyl (C=O) groups is 1. The fourth-order valence-corrected chi connectivity index (χ4v) is 2.78. The molecular weight excluding hydrogens is 302 g/mol. The lowest BCUT2D eigenvalue weighted by molar-refractivity contribution is 0.0904. The molecule has 1 fully saturated rings. The van der Waals surface area contributed by atoms with Gasteiger partial charge in [0.05, 0.1) is 10.6 Å². The molecule has 0 heterocycles. The molecule has 0 aliphatic heterocycles. The Hall–Kier alpha value is -0.840. The molecule has 1 aromatic carbocycles. The van der Waals surface area contributed by atoms with Crippen LogP contribution in [0, 0.1) is 11.7 Å². The molecule has 112 valence electrons. The third-order valence-electron chi connectivity index (χ3n) is 3.72. The summed E-state index contributed by atoms with van der Waals surface area (Å²) in [7, 11) is 0. The number of nitrogens with one attached hydrogen (secondary N) is 1. The Labute approximate surface area is 129 Å². The molecule has 0 bridgehead atoms. The monoisotopic (exact) mass is 320 g/mol. The summed E-state index contributed by atoms with van der Waals surface area (Å²) < 4.78 is 13.8. The molecule has 0 radical (unpaired) electrons. The molecule has 1 aliphatic rings. The van der Waals surface area contributed by atoms with Crippen molar-refractivity contribution in [3.05, 3.63) is 34.6 Å². The highest BCUT2D eigenvalue weighted by molar-refractivity contribution is 6.31. The van der Waals surface area contributed by atoms with E-state index in [-0.39, 0.29) is 35.0 Å². The highest BCUT2D eigenvalue weighted by Crippen LogP contribution is 2.24. The average Bonchev–Trinajstić information content (AvgIpc) is 2.42. The number of amides is 1. The van der Waals surface area contributed by atoms with Gasteiger partial charge in [-0.1, -0.05) is 30.5 Å². The van der Waals surface area contributed by atoms with Crippen molar-refractivity contribution in [2.24, 2.45) is 11.7 Å². The standard InChI is InChI=1S/C14H18ClFN2O.ClH/c15-11-6-3-5-10(13(11)16)14(19)18-12-7-2-1-4-9(12)8-17;/h3,5-6,9,12H,1-2,4,7-8,17H2,(H,18,19);1H. The van der Waals surface area contributed by atoms with E-state index in [1.807, 2.05) is 0 Å². The van der Waals surface area contributed by atoms with Crippen LogP contribution in [-0.2, 0) is 0 Å². The predicted molar refractivity (Wildman–Crippen MR) is 80.9 cm³/mol. The van der Waals surface area contributed by atoms with Crippen molar-refractivity contribution >= 4 is 29.9 Å². The first-order chi connectivity index (χ1) is 9.13. The maximum atomic E-state index is 13.8. The number of rotatable bonds is 3. The van der Waals surface area contributed by atoms with Gasteiger partial charge in [0.25, 0.3) is 5.91 Å². The van der Waals surface area contributed by atoms with Crippen molar-refractivity contribution < 1.29 is 9.18 Å². The molecule has 3 N–H and O–H groups in total. The van der Waals surface area contributed by atoms with Gasteiger partial charge in [-0.2, -0.15) is 0 Å². The van der Waals surface area contributed by atoms with Crippen LogP contribution < -0.4 is 11.1 Å². The van der Waals surface area contributed by atoms with E-state index in [2.05, 4.69) is 5.32 Å². The van der Waals surface area contributed by atoms with Crippen LogP contribution in [0.3, 0.4) is 0 Å². The van der Waals surface area contributed by atoms with Crippen LogP contribution in [0.4, 0.5) is 4.39 Å². The van der Waals surface area contributed by atoms with Gasteiger partial charge in [-0.25, -0.2) is 4.39 Å². The highest BCUT2D eigenvalue weighted by atomic mass is 35.5. The van der Waals surface area contributed by atoms with Crippen molar-refractivity contribution in [3.8, 4) is 0 Å². The van der Waals surface area contributed by atoms with Crippen LogP contribution in [0.5, 0.6) is 0 Å². The quantitative estimate of drug-likeness (QED) is 0.898. The minimum absolute atomic E-state index is 0. The van der Waals surface area contributed by atoms with E-state index in [9.17, 15) is 9.18 Å². The van der Waals surface area contributed by atoms with Gasteiger partial charge >= 0.3 is 0 Å². The topological polar surface area (TPSA) is 55.1 Å². The molecule has 0 aromatic heterocycles. The second-order valence-electron chi connectivity index (χ2n) is 4.96. The first-order valence-electron chi connectivity index (χ1n) is 6.58. The smallest absolute Gasteiger partial charge is 0.254 e. The van der Waals surface area contributed by atoms with E-state index in [0.717, 1.165) is 25.7 Å². The zero-order chi connectivity index (χ0) is 13.8. The van der Waals surface area contributed by atoms with E-state index < -0.39 is 11.7 Å². The average molecular weight is 321 g/mol. The number of halogens is 3. The van der Waals surface area contributed by atoms with Crippen LogP contribution in [0.2, 0.25) is 5.02 Å². The van der Waals surface area contributed by atoms with Crippen molar-refractivity contribution in [2.75, 3.05) is 6.54 Å². The molecule has 1 aliphatic carbocycles. The minimum atomic E-state index is -0.665. The minimum Gasteiger partial charge on any atom is -0.349 e. The number of benzene rings is 1. The van der Waals surface area contributed by atoms with E-state index in [1.165, 1.54) is 12.1 Å². The Balaban J connectivity index is 0.00000200. The predicted octanol–water partition coefficient (Wildman–Crippen LogP) is 3.15. The maximum Gasteiger partial charge on any atom is 0.254 e. The van der Waals surface area contributed by atoms with E-state index in [1.54, 1.807) is 6.07 Å². The Kier molecular flexibility index (Phi) is 6.72. The summed E-state index contributed by atoms with van der Waals surface area (Å²) in [6, 6.07) is 4.47. The molecule has 3 nitrogen and oxygen atoms in total. The second kappa shape index (κ2) is 7.81. The van der Waals surface area contributed by atoms with Crippen LogP contribution in [-0.4, -0.2) is 18.5 Å². The van der Waals surface area contributed by atoms with Crippen molar-refractivity contribution in [1.82, 2.24) is 5.32 Å². The van der Waals surface area contributed by atoms with E-state index in [0.29, 0.717) is 6.54 Å². The Morgan fingerprint density at radius 2 is 2.10 bits per heavy atom. The first-order valence-corrected chi connectivity index (χ1v) is 6.96. The summed E-state index contributed by atoms with van der Waals surface area (Å²) in [5, 5.41) is 2.85.